The van der Waals surface area contributed by atoms with Crippen molar-refractivity contribution in [1.82, 2.24) is 4.90 Å². The number of rotatable bonds is 6. The summed E-state index contributed by atoms with van der Waals surface area (Å²) in [6.07, 6.45) is 2.62. The van der Waals surface area contributed by atoms with Gasteiger partial charge in [0.25, 0.3) is 0 Å². The van der Waals surface area contributed by atoms with Crippen molar-refractivity contribution in [2.75, 3.05) is 19.7 Å². The standard InChI is InChI=1S/C14H19NO3/c16-14(17)13-8-4-9-15(13)10-5-11-18-12-6-2-1-3-7-12/h1-3,6-7,13H,4-5,8-11H2,(H,16,17)/t13-/m1/s1. The van der Waals surface area contributed by atoms with E-state index < -0.39 is 5.97 Å². The lowest BCUT2D eigenvalue weighted by molar-refractivity contribution is -0.142. The number of para-hydroxylation sites is 1. The zero-order valence-electron chi connectivity index (χ0n) is 10.4. The van der Waals surface area contributed by atoms with Crippen LogP contribution >= 0.6 is 0 Å². The Bertz CT molecular complexity index is 380. The van der Waals surface area contributed by atoms with Crippen LogP contribution in [0, 0.1) is 0 Å². The maximum absolute atomic E-state index is 11.0. The van der Waals surface area contributed by atoms with Crippen molar-refractivity contribution in [2.45, 2.75) is 25.3 Å². The molecule has 1 heterocycles. The fraction of sp³-hybridized carbons (Fsp3) is 0.500. The van der Waals surface area contributed by atoms with Gasteiger partial charge in [0.05, 0.1) is 6.61 Å². The van der Waals surface area contributed by atoms with Crippen LogP contribution in [-0.4, -0.2) is 41.7 Å². The highest BCUT2D eigenvalue weighted by molar-refractivity contribution is 5.73. The lowest BCUT2D eigenvalue weighted by Crippen LogP contribution is -2.36. The van der Waals surface area contributed by atoms with E-state index in [9.17, 15) is 4.79 Å². The SMILES string of the molecule is O=C(O)[C@H]1CCCN1CCCOc1ccccc1. The molecule has 4 heteroatoms. The zero-order chi connectivity index (χ0) is 12.8. The van der Waals surface area contributed by atoms with Crippen molar-refractivity contribution < 1.29 is 14.6 Å². The van der Waals surface area contributed by atoms with Crippen LogP contribution in [0.2, 0.25) is 0 Å². The summed E-state index contributed by atoms with van der Waals surface area (Å²) in [5, 5.41) is 9.05. The molecule has 1 fully saturated rings. The van der Waals surface area contributed by atoms with Gasteiger partial charge in [0.1, 0.15) is 11.8 Å². The predicted octanol–water partition coefficient (Wildman–Crippen LogP) is 2.00. The smallest absolute Gasteiger partial charge is 0.320 e. The molecular weight excluding hydrogens is 230 g/mol. The van der Waals surface area contributed by atoms with Crippen molar-refractivity contribution in [2.24, 2.45) is 0 Å². The first-order valence-electron chi connectivity index (χ1n) is 6.42. The normalized spacial score (nSPS) is 19.9. The number of carboxylic acid groups (broad SMARTS) is 1. The maximum atomic E-state index is 11.0. The molecule has 0 bridgehead atoms. The first kappa shape index (κ1) is 12.9. The lowest BCUT2D eigenvalue weighted by Gasteiger charge is -2.20. The highest BCUT2D eigenvalue weighted by atomic mass is 16.5. The molecule has 4 nitrogen and oxygen atoms in total. The number of ether oxygens (including phenoxy) is 1. The van der Waals surface area contributed by atoms with Gasteiger partial charge in [0.2, 0.25) is 0 Å². The molecule has 0 unspecified atom stereocenters. The molecule has 1 aromatic rings. The monoisotopic (exact) mass is 249 g/mol. The van der Waals surface area contributed by atoms with Crippen LogP contribution in [0.3, 0.4) is 0 Å². The van der Waals surface area contributed by atoms with Crippen LogP contribution in [0.4, 0.5) is 0 Å². The topological polar surface area (TPSA) is 49.8 Å². The molecule has 0 aliphatic carbocycles. The Hall–Kier alpha value is -1.55. The molecule has 0 amide bonds. The summed E-state index contributed by atoms with van der Waals surface area (Å²) in [6.45, 7) is 2.32. The molecule has 0 spiro atoms. The average Bonchev–Trinajstić information content (AvgIpc) is 2.84. The average molecular weight is 249 g/mol. The van der Waals surface area contributed by atoms with Crippen LogP contribution < -0.4 is 4.74 Å². The minimum absolute atomic E-state index is 0.290. The van der Waals surface area contributed by atoms with E-state index in [1.165, 1.54) is 0 Å². The van der Waals surface area contributed by atoms with Gasteiger partial charge in [-0.05, 0) is 37.9 Å². The van der Waals surface area contributed by atoms with Crippen LogP contribution in [0.5, 0.6) is 5.75 Å². The largest absolute Gasteiger partial charge is 0.494 e. The Morgan fingerprint density at radius 2 is 2.17 bits per heavy atom. The van der Waals surface area contributed by atoms with Crippen molar-refractivity contribution in [3.05, 3.63) is 30.3 Å². The molecule has 0 aromatic heterocycles. The Balaban J connectivity index is 1.68. The number of benzene rings is 1. The number of likely N-dealkylation sites (tertiary alicyclic amines) is 1. The van der Waals surface area contributed by atoms with Crippen LogP contribution in [0.1, 0.15) is 19.3 Å². The maximum Gasteiger partial charge on any atom is 0.320 e. The van der Waals surface area contributed by atoms with E-state index in [2.05, 4.69) is 0 Å². The van der Waals surface area contributed by atoms with Crippen LogP contribution in [0.15, 0.2) is 30.3 Å². The van der Waals surface area contributed by atoms with E-state index in [1.54, 1.807) is 0 Å². The summed E-state index contributed by atoms with van der Waals surface area (Å²) in [6, 6.07) is 9.40. The Morgan fingerprint density at radius 3 is 2.89 bits per heavy atom. The van der Waals surface area contributed by atoms with Gasteiger partial charge in [-0.25, -0.2) is 0 Å². The second-order valence-electron chi connectivity index (χ2n) is 4.55. The number of carbonyl (C=O) groups is 1. The van der Waals surface area contributed by atoms with Gasteiger partial charge in [-0.3, -0.25) is 9.69 Å². The Kier molecular flexibility index (Phi) is 4.59. The van der Waals surface area contributed by atoms with E-state index in [-0.39, 0.29) is 6.04 Å². The number of nitrogens with zero attached hydrogens (tertiary/aromatic N) is 1. The molecule has 1 atom stereocenters. The van der Waals surface area contributed by atoms with Gasteiger partial charge in [0, 0.05) is 6.54 Å². The van der Waals surface area contributed by atoms with Crippen molar-refractivity contribution in [3.8, 4) is 5.75 Å². The van der Waals surface area contributed by atoms with E-state index in [1.807, 2.05) is 35.2 Å². The lowest BCUT2D eigenvalue weighted by atomic mass is 10.2. The van der Waals surface area contributed by atoms with E-state index in [4.69, 9.17) is 9.84 Å². The summed E-state index contributed by atoms with van der Waals surface area (Å²) in [5.74, 6) is 0.171. The molecule has 0 saturated carbocycles. The number of aliphatic carboxylic acids is 1. The minimum atomic E-state index is -0.698. The molecule has 0 radical (unpaired) electrons. The molecule has 1 aliphatic rings. The second-order valence-corrected chi connectivity index (χ2v) is 4.55. The quantitative estimate of drug-likeness (QED) is 0.783. The number of hydrogen-bond acceptors (Lipinski definition) is 3. The van der Waals surface area contributed by atoms with Crippen LogP contribution in [-0.2, 0) is 4.79 Å². The summed E-state index contributed by atoms with van der Waals surface area (Å²) >= 11 is 0. The molecule has 1 aliphatic heterocycles. The van der Waals surface area contributed by atoms with Crippen molar-refractivity contribution in [1.29, 1.82) is 0 Å². The van der Waals surface area contributed by atoms with Crippen molar-refractivity contribution in [3.63, 3.8) is 0 Å². The van der Waals surface area contributed by atoms with E-state index in [0.717, 1.165) is 38.1 Å². The van der Waals surface area contributed by atoms with Gasteiger partial charge in [0.15, 0.2) is 0 Å². The van der Waals surface area contributed by atoms with Crippen LogP contribution in [0.25, 0.3) is 0 Å². The van der Waals surface area contributed by atoms with Gasteiger partial charge < -0.3 is 9.84 Å². The molecule has 18 heavy (non-hydrogen) atoms. The first-order chi connectivity index (χ1) is 8.77. The molecular formula is C14H19NO3. The molecule has 1 aromatic carbocycles. The van der Waals surface area contributed by atoms with Gasteiger partial charge >= 0.3 is 5.97 Å². The molecule has 98 valence electrons. The fourth-order valence-corrected chi connectivity index (χ4v) is 2.35. The summed E-state index contributed by atoms with van der Waals surface area (Å²) in [4.78, 5) is 13.0. The third-order valence-electron chi connectivity index (χ3n) is 3.25. The minimum Gasteiger partial charge on any atom is -0.494 e. The van der Waals surface area contributed by atoms with Gasteiger partial charge in [-0.1, -0.05) is 18.2 Å². The molecule has 1 N–H and O–H groups in total. The van der Waals surface area contributed by atoms with Gasteiger partial charge in [-0.2, -0.15) is 0 Å². The van der Waals surface area contributed by atoms with E-state index in [0.29, 0.717) is 6.61 Å². The van der Waals surface area contributed by atoms with Crippen molar-refractivity contribution >= 4 is 5.97 Å². The fourth-order valence-electron chi connectivity index (χ4n) is 2.35. The first-order valence-corrected chi connectivity index (χ1v) is 6.42. The van der Waals surface area contributed by atoms with Gasteiger partial charge in [-0.15, -0.1) is 0 Å². The Labute approximate surface area is 107 Å². The summed E-state index contributed by atoms with van der Waals surface area (Å²) in [7, 11) is 0. The zero-order valence-corrected chi connectivity index (χ0v) is 10.4. The highest BCUT2D eigenvalue weighted by Gasteiger charge is 2.29. The Morgan fingerprint density at radius 1 is 1.39 bits per heavy atom. The molecule has 1 saturated heterocycles. The molecule has 2 rings (SSSR count). The summed E-state index contributed by atoms with van der Waals surface area (Å²) in [5.41, 5.74) is 0. The number of carboxylic acids is 1. The second kappa shape index (κ2) is 6.40. The summed E-state index contributed by atoms with van der Waals surface area (Å²) < 4.78 is 5.59. The third-order valence-corrected chi connectivity index (χ3v) is 3.25. The third kappa shape index (κ3) is 3.47. The highest BCUT2D eigenvalue weighted by Crippen LogP contribution is 2.17. The number of hydrogen-bond donors (Lipinski definition) is 1. The predicted molar refractivity (Wildman–Crippen MR) is 68.8 cm³/mol. The van der Waals surface area contributed by atoms with E-state index >= 15 is 0 Å².